The number of aryl methyl sites for hydroxylation is 1. The number of amides is 2. The van der Waals surface area contributed by atoms with Crippen LogP contribution in [0.1, 0.15) is 30.0 Å². The van der Waals surface area contributed by atoms with E-state index in [0.29, 0.717) is 17.2 Å². The number of hydrogen-bond donors (Lipinski definition) is 1. The third kappa shape index (κ3) is 3.71. The highest BCUT2D eigenvalue weighted by Gasteiger charge is 2.30. The molecule has 25 heavy (non-hydrogen) atoms. The van der Waals surface area contributed by atoms with Gasteiger partial charge in [0.1, 0.15) is 11.5 Å². The van der Waals surface area contributed by atoms with Crippen molar-refractivity contribution in [2.45, 2.75) is 25.8 Å². The van der Waals surface area contributed by atoms with Crippen LogP contribution < -0.4 is 14.8 Å². The average molecular weight is 340 g/mol. The van der Waals surface area contributed by atoms with E-state index in [2.05, 4.69) is 30.4 Å². The molecule has 1 heterocycles. The molecule has 0 spiro atoms. The largest absolute Gasteiger partial charge is 0.497 e. The number of hydrogen-bond acceptors (Lipinski definition) is 3. The molecule has 0 aromatic heterocycles. The summed E-state index contributed by atoms with van der Waals surface area (Å²) < 4.78 is 10.6. The van der Waals surface area contributed by atoms with Crippen LogP contribution in [0.25, 0.3) is 0 Å². The summed E-state index contributed by atoms with van der Waals surface area (Å²) in [4.78, 5) is 14.8. The Hall–Kier alpha value is -2.69. The molecule has 2 aromatic carbocycles. The molecular weight excluding hydrogens is 316 g/mol. The van der Waals surface area contributed by atoms with Gasteiger partial charge < -0.3 is 19.7 Å². The van der Waals surface area contributed by atoms with Crippen LogP contribution in [0, 0.1) is 6.92 Å². The second kappa shape index (κ2) is 7.47. The maximum atomic E-state index is 12.9. The SMILES string of the molecule is COc1ccc(OC)c(NC(=O)N2CCCC2c2cccc(C)c2)c1. The topological polar surface area (TPSA) is 50.8 Å². The van der Waals surface area contributed by atoms with Crippen LogP contribution in [0.5, 0.6) is 11.5 Å². The summed E-state index contributed by atoms with van der Waals surface area (Å²) in [6, 6.07) is 13.7. The molecule has 1 fully saturated rings. The maximum Gasteiger partial charge on any atom is 0.322 e. The number of methoxy groups -OCH3 is 2. The van der Waals surface area contributed by atoms with Crippen molar-refractivity contribution in [3.05, 3.63) is 53.6 Å². The van der Waals surface area contributed by atoms with Crippen molar-refractivity contribution < 1.29 is 14.3 Å². The highest BCUT2D eigenvalue weighted by Crippen LogP contribution is 2.34. The molecule has 0 aliphatic carbocycles. The normalized spacial score (nSPS) is 16.6. The molecular formula is C20H24N2O3. The second-order valence-corrected chi connectivity index (χ2v) is 6.26. The fraction of sp³-hybridized carbons (Fsp3) is 0.350. The number of ether oxygens (including phenoxy) is 2. The first-order valence-corrected chi connectivity index (χ1v) is 8.48. The molecule has 2 aromatic rings. The average Bonchev–Trinajstić information content (AvgIpc) is 3.11. The van der Waals surface area contributed by atoms with Gasteiger partial charge in [0, 0.05) is 12.6 Å². The number of carbonyl (C=O) groups is 1. The van der Waals surface area contributed by atoms with Crippen LogP contribution in [-0.4, -0.2) is 31.7 Å². The summed E-state index contributed by atoms with van der Waals surface area (Å²) in [5.74, 6) is 1.29. The first-order valence-electron chi connectivity index (χ1n) is 8.48. The number of nitrogens with one attached hydrogen (secondary N) is 1. The molecule has 1 unspecified atom stereocenters. The summed E-state index contributed by atoms with van der Waals surface area (Å²) in [6.45, 7) is 2.82. The van der Waals surface area contributed by atoms with E-state index < -0.39 is 0 Å². The lowest BCUT2D eigenvalue weighted by molar-refractivity contribution is 0.207. The molecule has 1 aliphatic heterocycles. The van der Waals surface area contributed by atoms with E-state index in [1.807, 2.05) is 11.0 Å². The van der Waals surface area contributed by atoms with Gasteiger partial charge >= 0.3 is 6.03 Å². The lowest BCUT2D eigenvalue weighted by Gasteiger charge is -2.26. The van der Waals surface area contributed by atoms with E-state index in [1.54, 1.807) is 32.4 Å². The molecule has 0 bridgehead atoms. The van der Waals surface area contributed by atoms with E-state index in [-0.39, 0.29) is 12.1 Å². The monoisotopic (exact) mass is 340 g/mol. The Bertz CT molecular complexity index is 760. The molecule has 3 rings (SSSR count). The summed E-state index contributed by atoms with van der Waals surface area (Å²) in [5.41, 5.74) is 3.01. The predicted molar refractivity (Wildman–Crippen MR) is 98.4 cm³/mol. The number of nitrogens with zero attached hydrogens (tertiary/aromatic N) is 1. The summed E-state index contributed by atoms with van der Waals surface area (Å²) in [5, 5.41) is 2.97. The molecule has 0 radical (unpaired) electrons. The van der Waals surface area contributed by atoms with Gasteiger partial charge in [0.2, 0.25) is 0 Å². The van der Waals surface area contributed by atoms with Crippen molar-refractivity contribution >= 4 is 11.7 Å². The Morgan fingerprint density at radius 3 is 2.72 bits per heavy atom. The van der Waals surface area contributed by atoms with Crippen LogP contribution in [0.4, 0.5) is 10.5 Å². The Morgan fingerprint density at radius 1 is 1.16 bits per heavy atom. The Kier molecular flexibility index (Phi) is 5.12. The van der Waals surface area contributed by atoms with E-state index in [1.165, 1.54) is 11.1 Å². The molecule has 0 saturated carbocycles. The minimum absolute atomic E-state index is 0.108. The third-order valence-electron chi connectivity index (χ3n) is 4.59. The fourth-order valence-corrected chi connectivity index (χ4v) is 3.33. The van der Waals surface area contributed by atoms with E-state index in [9.17, 15) is 4.79 Å². The maximum absolute atomic E-state index is 12.9. The van der Waals surface area contributed by atoms with Gasteiger partial charge in [0.25, 0.3) is 0 Å². The smallest absolute Gasteiger partial charge is 0.322 e. The number of urea groups is 1. The van der Waals surface area contributed by atoms with Gasteiger partial charge in [-0.3, -0.25) is 0 Å². The lowest BCUT2D eigenvalue weighted by atomic mass is 10.0. The highest BCUT2D eigenvalue weighted by atomic mass is 16.5. The Labute approximate surface area is 148 Å². The Morgan fingerprint density at radius 2 is 2.00 bits per heavy atom. The van der Waals surface area contributed by atoms with Gasteiger partial charge in [0.05, 0.1) is 25.9 Å². The zero-order chi connectivity index (χ0) is 17.8. The summed E-state index contributed by atoms with van der Waals surface area (Å²) in [7, 11) is 3.19. The van der Waals surface area contributed by atoms with Gasteiger partial charge in [-0.2, -0.15) is 0 Å². The third-order valence-corrected chi connectivity index (χ3v) is 4.59. The zero-order valence-corrected chi connectivity index (χ0v) is 14.9. The van der Waals surface area contributed by atoms with E-state index in [0.717, 1.165) is 19.4 Å². The van der Waals surface area contributed by atoms with Crippen molar-refractivity contribution in [2.75, 3.05) is 26.1 Å². The molecule has 1 atom stereocenters. The van der Waals surface area contributed by atoms with Gasteiger partial charge in [-0.05, 0) is 37.5 Å². The lowest BCUT2D eigenvalue weighted by Crippen LogP contribution is -2.34. The number of rotatable bonds is 4. The van der Waals surface area contributed by atoms with Crippen molar-refractivity contribution in [3.8, 4) is 11.5 Å². The van der Waals surface area contributed by atoms with Gasteiger partial charge in [-0.15, -0.1) is 0 Å². The quantitative estimate of drug-likeness (QED) is 0.898. The molecule has 1 aliphatic rings. The molecule has 132 valence electrons. The first kappa shape index (κ1) is 17.1. The Balaban J connectivity index is 1.81. The molecule has 5 heteroatoms. The number of benzene rings is 2. The van der Waals surface area contributed by atoms with Gasteiger partial charge in [-0.1, -0.05) is 29.8 Å². The minimum atomic E-state index is -0.115. The molecule has 5 nitrogen and oxygen atoms in total. The van der Waals surface area contributed by atoms with Crippen molar-refractivity contribution in [1.29, 1.82) is 0 Å². The van der Waals surface area contributed by atoms with Crippen LogP contribution in [0.3, 0.4) is 0 Å². The van der Waals surface area contributed by atoms with Crippen LogP contribution in [0.2, 0.25) is 0 Å². The van der Waals surface area contributed by atoms with Crippen LogP contribution in [-0.2, 0) is 0 Å². The number of likely N-dealkylation sites (tertiary alicyclic amines) is 1. The molecule has 1 N–H and O–H groups in total. The number of anilines is 1. The molecule has 2 amide bonds. The fourth-order valence-electron chi connectivity index (χ4n) is 3.33. The van der Waals surface area contributed by atoms with Crippen molar-refractivity contribution in [1.82, 2.24) is 4.90 Å². The summed E-state index contributed by atoms with van der Waals surface area (Å²) >= 11 is 0. The first-order chi connectivity index (χ1) is 12.1. The second-order valence-electron chi connectivity index (χ2n) is 6.26. The van der Waals surface area contributed by atoms with E-state index in [4.69, 9.17) is 9.47 Å². The number of carbonyl (C=O) groups excluding carboxylic acids is 1. The standard InChI is InChI=1S/C20H24N2O3/c1-14-6-4-7-15(12-14)18-8-5-11-22(18)20(23)21-17-13-16(24-2)9-10-19(17)25-3/h4,6-7,9-10,12-13,18H,5,8,11H2,1-3H3,(H,21,23). The molecule has 1 saturated heterocycles. The van der Waals surface area contributed by atoms with Crippen LogP contribution >= 0.6 is 0 Å². The predicted octanol–water partition coefficient (Wildman–Crippen LogP) is 4.38. The van der Waals surface area contributed by atoms with Crippen molar-refractivity contribution in [2.24, 2.45) is 0 Å². The highest BCUT2D eigenvalue weighted by molar-refractivity contribution is 5.91. The van der Waals surface area contributed by atoms with Gasteiger partial charge in [0.15, 0.2) is 0 Å². The summed E-state index contributed by atoms with van der Waals surface area (Å²) in [6.07, 6.45) is 1.98. The zero-order valence-electron chi connectivity index (χ0n) is 14.9. The van der Waals surface area contributed by atoms with Crippen molar-refractivity contribution in [3.63, 3.8) is 0 Å². The van der Waals surface area contributed by atoms with Crippen LogP contribution in [0.15, 0.2) is 42.5 Å². The minimum Gasteiger partial charge on any atom is -0.497 e. The van der Waals surface area contributed by atoms with Gasteiger partial charge in [-0.25, -0.2) is 4.79 Å². The van der Waals surface area contributed by atoms with E-state index >= 15 is 0 Å².